The highest BCUT2D eigenvalue weighted by Gasteiger charge is 2.25. The molecule has 6 nitrogen and oxygen atoms in total. The third kappa shape index (κ3) is 5.00. The fourth-order valence-electron chi connectivity index (χ4n) is 1.22. The van der Waals surface area contributed by atoms with Crippen LogP contribution in [0.15, 0.2) is 0 Å². The van der Waals surface area contributed by atoms with Crippen LogP contribution in [-0.2, 0) is 14.3 Å². The normalized spacial score (nSPS) is 18.8. The Balaban J connectivity index is 4.31. The lowest BCUT2D eigenvalue weighted by molar-refractivity contribution is -0.211. The van der Waals surface area contributed by atoms with Gasteiger partial charge in [0.25, 0.3) is 0 Å². The van der Waals surface area contributed by atoms with Gasteiger partial charge in [-0.2, -0.15) is 0 Å². The van der Waals surface area contributed by atoms with Crippen molar-refractivity contribution >= 4 is 6.29 Å². The molecular weight excluding hydrogens is 216 g/mol. The second kappa shape index (κ2) is 8.60. The van der Waals surface area contributed by atoms with E-state index in [0.717, 1.165) is 0 Å². The van der Waals surface area contributed by atoms with Crippen molar-refractivity contribution in [3.8, 4) is 0 Å². The molecule has 0 bridgehead atoms. The maximum absolute atomic E-state index is 10.6. The molecule has 3 N–H and O–H groups in total. The maximum atomic E-state index is 10.6. The van der Waals surface area contributed by atoms with Gasteiger partial charge in [0.2, 0.25) is 0 Å². The highest BCUT2D eigenvalue weighted by Crippen LogP contribution is 2.13. The van der Waals surface area contributed by atoms with Gasteiger partial charge in [-0.25, -0.2) is 0 Å². The molecule has 0 amide bonds. The van der Waals surface area contributed by atoms with Crippen LogP contribution < -0.4 is 0 Å². The molecule has 0 saturated carbocycles. The molecule has 0 aliphatic carbocycles. The predicted octanol–water partition coefficient (Wildman–Crippen LogP) is -1.09. The quantitative estimate of drug-likeness (QED) is 0.348. The van der Waals surface area contributed by atoms with Crippen LogP contribution in [0.5, 0.6) is 0 Å². The zero-order chi connectivity index (χ0) is 12.6. The topological polar surface area (TPSA) is 96.2 Å². The van der Waals surface area contributed by atoms with Gasteiger partial charge >= 0.3 is 0 Å². The molecule has 0 fully saturated rings. The van der Waals surface area contributed by atoms with Crippen molar-refractivity contribution in [2.75, 3.05) is 20.3 Å². The Hall–Kier alpha value is -0.530. The molecule has 0 aliphatic rings. The van der Waals surface area contributed by atoms with Crippen molar-refractivity contribution in [1.29, 1.82) is 0 Å². The Morgan fingerprint density at radius 3 is 2.31 bits per heavy atom. The lowest BCUT2D eigenvalue weighted by Crippen LogP contribution is -2.39. The van der Waals surface area contributed by atoms with Gasteiger partial charge in [0.15, 0.2) is 6.29 Å². The largest absolute Gasteiger partial charge is 0.396 e. The average molecular weight is 236 g/mol. The predicted molar refractivity (Wildman–Crippen MR) is 55.7 cm³/mol. The number of aliphatic hydroxyl groups is 3. The Kier molecular flexibility index (Phi) is 8.32. The van der Waals surface area contributed by atoms with E-state index in [2.05, 4.69) is 0 Å². The summed E-state index contributed by atoms with van der Waals surface area (Å²) in [6.07, 6.45) is -1.86. The molecule has 0 rings (SSSR count). The summed E-state index contributed by atoms with van der Waals surface area (Å²) in [5.41, 5.74) is 0. The van der Waals surface area contributed by atoms with E-state index in [1.807, 2.05) is 0 Å². The number of aliphatic hydroxyl groups excluding tert-OH is 3. The minimum Gasteiger partial charge on any atom is -0.396 e. The van der Waals surface area contributed by atoms with Crippen molar-refractivity contribution < 1.29 is 29.6 Å². The summed E-state index contributed by atoms with van der Waals surface area (Å²) in [6, 6.07) is 0. The van der Waals surface area contributed by atoms with Gasteiger partial charge in [0, 0.05) is 19.6 Å². The highest BCUT2D eigenvalue weighted by molar-refractivity contribution is 5.53. The first-order valence-electron chi connectivity index (χ1n) is 5.14. The van der Waals surface area contributed by atoms with Crippen molar-refractivity contribution in [2.24, 2.45) is 5.92 Å². The van der Waals surface area contributed by atoms with Crippen LogP contribution in [0.4, 0.5) is 0 Å². The maximum Gasteiger partial charge on any atom is 0.183 e. The minimum absolute atomic E-state index is 0.146. The Morgan fingerprint density at radius 1 is 1.31 bits per heavy atom. The van der Waals surface area contributed by atoms with Crippen LogP contribution in [0.25, 0.3) is 0 Å². The number of hydrogen-bond donors (Lipinski definition) is 3. The smallest absolute Gasteiger partial charge is 0.183 e. The number of hydrogen-bond acceptors (Lipinski definition) is 6. The van der Waals surface area contributed by atoms with E-state index in [9.17, 15) is 9.90 Å². The Morgan fingerprint density at radius 2 is 1.94 bits per heavy atom. The molecule has 0 saturated heterocycles. The molecule has 2 unspecified atom stereocenters. The molecule has 0 radical (unpaired) electrons. The van der Waals surface area contributed by atoms with E-state index in [1.165, 1.54) is 7.11 Å². The molecule has 6 heteroatoms. The molecule has 0 aromatic carbocycles. The molecule has 16 heavy (non-hydrogen) atoms. The second-order valence-electron chi connectivity index (χ2n) is 3.53. The summed E-state index contributed by atoms with van der Waals surface area (Å²) in [6.45, 7) is 1.09. The van der Waals surface area contributed by atoms with E-state index in [-0.39, 0.29) is 19.6 Å². The van der Waals surface area contributed by atoms with Crippen LogP contribution in [0.1, 0.15) is 13.3 Å². The van der Waals surface area contributed by atoms with Crippen LogP contribution >= 0.6 is 0 Å². The Bertz CT molecular complexity index is 182. The number of carbonyl (C=O) groups is 1. The van der Waals surface area contributed by atoms with Crippen LogP contribution in [0.2, 0.25) is 0 Å². The van der Waals surface area contributed by atoms with Crippen molar-refractivity contribution in [3.05, 3.63) is 0 Å². The molecule has 0 heterocycles. The Labute approximate surface area is 94.8 Å². The zero-order valence-corrected chi connectivity index (χ0v) is 9.57. The van der Waals surface area contributed by atoms with Gasteiger partial charge in [0.05, 0.1) is 12.7 Å². The summed E-state index contributed by atoms with van der Waals surface area (Å²) in [5, 5.41) is 27.2. The summed E-state index contributed by atoms with van der Waals surface area (Å²) in [4.78, 5) is 10.6. The minimum atomic E-state index is -1.33. The second-order valence-corrected chi connectivity index (χ2v) is 3.53. The molecule has 0 aromatic rings. The molecule has 0 aromatic heterocycles. The first kappa shape index (κ1) is 15.5. The highest BCUT2D eigenvalue weighted by atomic mass is 16.6. The summed E-state index contributed by atoms with van der Waals surface area (Å²) in [5.74, 6) is -0.446. The third-order valence-corrected chi connectivity index (χ3v) is 2.33. The van der Waals surface area contributed by atoms with Gasteiger partial charge in [-0.05, 0) is 6.42 Å². The molecule has 4 atom stereocenters. The lowest BCUT2D eigenvalue weighted by Gasteiger charge is -2.26. The van der Waals surface area contributed by atoms with Gasteiger partial charge < -0.3 is 29.6 Å². The standard InChI is InChI=1S/C10H20O6/c1-7(5-12)8(3-4-11)16-10(14)9(6-13)15-2/h5,7-11,13-14H,3-4,6H2,1-2H3/t7?,8-,9?,10+/m1/s1. The van der Waals surface area contributed by atoms with E-state index < -0.39 is 24.4 Å². The molecular formula is C10H20O6. The fourth-order valence-corrected chi connectivity index (χ4v) is 1.22. The van der Waals surface area contributed by atoms with Crippen LogP contribution in [0, 0.1) is 5.92 Å². The zero-order valence-electron chi connectivity index (χ0n) is 9.57. The van der Waals surface area contributed by atoms with Crippen molar-refractivity contribution in [1.82, 2.24) is 0 Å². The number of aldehydes is 1. The van der Waals surface area contributed by atoms with E-state index >= 15 is 0 Å². The third-order valence-electron chi connectivity index (χ3n) is 2.33. The summed E-state index contributed by atoms with van der Waals surface area (Å²) in [7, 11) is 1.33. The van der Waals surface area contributed by atoms with E-state index in [1.54, 1.807) is 6.92 Å². The molecule has 0 aliphatic heterocycles. The van der Waals surface area contributed by atoms with Gasteiger partial charge in [0.1, 0.15) is 12.4 Å². The van der Waals surface area contributed by atoms with Gasteiger partial charge in [-0.1, -0.05) is 6.92 Å². The van der Waals surface area contributed by atoms with Crippen LogP contribution in [-0.4, -0.2) is 60.4 Å². The average Bonchev–Trinajstić information content (AvgIpc) is 2.29. The first-order chi connectivity index (χ1) is 7.60. The number of methoxy groups -OCH3 is 1. The van der Waals surface area contributed by atoms with Gasteiger partial charge in [-0.15, -0.1) is 0 Å². The number of rotatable bonds is 9. The van der Waals surface area contributed by atoms with Crippen molar-refractivity contribution in [3.63, 3.8) is 0 Å². The SMILES string of the molecule is COC(CO)[C@@H](O)O[C@H](CCO)C(C)C=O. The van der Waals surface area contributed by atoms with E-state index in [4.69, 9.17) is 19.7 Å². The number of ether oxygens (including phenoxy) is 2. The first-order valence-corrected chi connectivity index (χ1v) is 5.14. The van der Waals surface area contributed by atoms with Gasteiger partial charge in [-0.3, -0.25) is 0 Å². The van der Waals surface area contributed by atoms with E-state index in [0.29, 0.717) is 6.29 Å². The summed E-state index contributed by atoms with van der Waals surface area (Å²) >= 11 is 0. The monoisotopic (exact) mass is 236 g/mol. The number of carbonyl (C=O) groups excluding carboxylic acids is 1. The van der Waals surface area contributed by atoms with Crippen LogP contribution in [0.3, 0.4) is 0 Å². The molecule has 0 spiro atoms. The fraction of sp³-hybridized carbons (Fsp3) is 0.900. The lowest BCUT2D eigenvalue weighted by atomic mass is 10.0. The summed E-state index contributed by atoms with van der Waals surface area (Å²) < 4.78 is 9.94. The van der Waals surface area contributed by atoms with Crippen molar-refractivity contribution in [2.45, 2.75) is 31.8 Å². The molecule has 96 valence electrons.